The quantitative estimate of drug-likeness (QED) is 0.769. The number of Topliss-reactive ketones (excluding diaryl/α,β-unsaturated/α-hetero) is 1. The molecule has 1 amide bonds. The third-order valence-corrected chi connectivity index (χ3v) is 4.28. The number of rotatable bonds is 1. The zero-order valence-electron chi connectivity index (χ0n) is 10.4. The molecule has 0 bridgehead atoms. The van der Waals surface area contributed by atoms with Crippen molar-refractivity contribution in [2.75, 3.05) is 6.54 Å². The van der Waals surface area contributed by atoms with E-state index in [2.05, 4.69) is 0 Å². The van der Waals surface area contributed by atoms with Crippen LogP contribution in [0.2, 0.25) is 0 Å². The first-order valence-corrected chi connectivity index (χ1v) is 6.67. The van der Waals surface area contributed by atoms with Gasteiger partial charge in [-0.2, -0.15) is 0 Å². The van der Waals surface area contributed by atoms with Gasteiger partial charge in [0.25, 0.3) is 5.91 Å². The molecule has 0 spiro atoms. The molecule has 0 radical (unpaired) electrons. The van der Waals surface area contributed by atoms with E-state index in [4.69, 9.17) is 0 Å². The Morgan fingerprint density at radius 3 is 2.71 bits per heavy atom. The first-order valence-electron chi connectivity index (χ1n) is 5.79. The fourth-order valence-corrected chi connectivity index (χ4v) is 3.17. The summed E-state index contributed by atoms with van der Waals surface area (Å²) in [6.07, 6.45) is 0.947. The Morgan fingerprint density at radius 1 is 1.47 bits per heavy atom. The summed E-state index contributed by atoms with van der Waals surface area (Å²) in [6.45, 7) is 6.42. The van der Waals surface area contributed by atoms with Gasteiger partial charge in [0.15, 0.2) is 0 Å². The highest BCUT2D eigenvalue weighted by atomic mass is 32.1. The summed E-state index contributed by atoms with van der Waals surface area (Å²) >= 11 is 1.48. The molecule has 0 N–H and O–H groups in total. The molecule has 17 heavy (non-hydrogen) atoms. The molecular weight excluding hydrogens is 234 g/mol. The molecule has 0 aromatic carbocycles. The third kappa shape index (κ3) is 2.27. The van der Waals surface area contributed by atoms with Gasteiger partial charge in [0.2, 0.25) is 0 Å². The predicted octanol–water partition coefficient (Wildman–Crippen LogP) is 2.64. The van der Waals surface area contributed by atoms with E-state index >= 15 is 0 Å². The molecule has 2 heterocycles. The van der Waals surface area contributed by atoms with Gasteiger partial charge >= 0.3 is 0 Å². The van der Waals surface area contributed by atoms with Crippen LogP contribution in [-0.4, -0.2) is 28.7 Å². The molecule has 0 atom stereocenters. The summed E-state index contributed by atoms with van der Waals surface area (Å²) in [5.41, 5.74) is 0.663. The predicted molar refractivity (Wildman–Crippen MR) is 68.4 cm³/mol. The normalized spacial score (nSPS) is 19.5. The van der Waals surface area contributed by atoms with Crippen LogP contribution >= 0.6 is 11.3 Å². The van der Waals surface area contributed by atoms with Crippen molar-refractivity contribution < 1.29 is 9.59 Å². The van der Waals surface area contributed by atoms with Crippen LogP contribution in [-0.2, 0) is 4.79 Å². The smallest absolute Gasteiger partial charge is 0.264 e. The third-order valence-electron chi connectivity index (χ3n) is 3.28. The van der Waals surface area contributed by atoms with E-state index in [1.54, 1.807) is 0 Å². The number of likely N-dealkylation sites (tertiary alicyclic amines) is 1. The van der Waals surface area contributed by atoms with Gasteiger partial charge in [0, 0.05) is 24.9 Å². The van der Waals surface area contributed by atoms with E-state index in [0.717, 1.165) is 10.4 Å². The maximum absolute atomic E-state index is 12.4. The number of thiophene rings is 1. The van der Waals surface area contributed by atoms with Crippen LogP contribution in [0.4, 0.5) is 0 Å². The van der Waals surface area contributed by atoms with Crippen molar-refractivity contribution in [2.24, 2.45) is 0 Å². The molecular formula is C13H17NO2S. The van der Waals surface area contributed by atoms with E-state index in [0.29, 0.717) is 19.4 Å². The molecule has 1 aromatic rings. The van der Waals surface area contributed by atoms with Crippen LogP contribution in [0, 0.1) is 6.92 Å². The molecule has 1 aromatic heterocycles. The Hall–Kier alpha value is -1.16. The minimum absolute atomic E-state index is 0.0648. The Kier molecular flexibility index (Phi) is 3.08. The summed E-state index contributed by atoms with van der Waals surface area (Å²) in [6, 6.07) is 1.96. The highest BCUT2D eigenvalue weighted by molar-refractivity contribution is 7.12. The maximum Gasteiger partial charge on any atom is 0.264 e. The van der Waals surface area contributed by atoms with Gasteiger partial charge in [-0.1, -0.05) is 0 Å². The van der Waals surface area contributed by atoms with Crippen LogP contribution in [0.5, 0.6) is 0 Å². The molecule has 1 aliphatic heterocycles. The van der Waals surface area contributed by atoms with E-state index in [1.165, 1.54) is 11.3 Å². The molecule has 1 saturated heterocycles. The Morgan fingerprint density at radius 2 is 2.18 bits per heavy atom. The number of hydrogen-bond donors (Lipinski definition) is 0. The summed E-state index contributed by atoms with van der Waals surface area (Å²) in [5.74, 6) is 0.317. The van der Waals surface area contributed by atoms with E-state index in [-0.39, 0.29) is 17.2 Å². The monoisotopic (exact) mass is 251 g/mol. The number of amides is 1. The van der Waals surface area contributed by atoms with Crippen molar-refractivity contribution in [1.82, 2.24) is 4.90 Å². The number of aryl methyl sites for hydroxylation is 1. The molecule has 0 unspecified atom stereocenters. The van der Waals surface area contributed by atoms with Gasteiger partial charge < -0.3 is 4.90 Å². The van der Waals surface area contributed by atoms with Crippen molar-refractivity contribution in [3.63, 3.8) is 0 Å². The highest BCUT2D eigenvalue weighted by Crippen LogP contribution is 2.29. The Labute approximate surface area is 105 Å². The van der Waals surface area contributed by atoms with E-state index in [9.17, 15) is 9.59 Å². The first-order chi connectivity index (χ1) is 7.92. The lowest BCUT2D eigenvalue weighted by atomic mass is 9.89. The topological polar surface area (TPSA) is 37.4 Å². The number of carbonyl (C=O) groups excluding carboxylic acids is 2. The number of ketones is 1. The van der Waals surface area contributed by atoms with Crippen molar-refractivity contribution in [1.29, 1.82) is 0 Å². The fourth-order valence-electron chi connectivity index (χ4n) is 2.30. The minimum Gasteiger partial charge on any atom is -0.332 e. The van der Waals surface area contributed by atoms with Crippen molar-refractivity contribution in [3.8, 4) is 0 Å². The van der Waals surface area contributed by atoms with Crippen LogP contribution in [0.1, 0.15) is 41.9 Å². The Balaban J connectivity index is 2.26. The van der Waals surface area contributed by atoms with Crippen molar-refractivity contribution in [2.45, 2.75) is 39.2 Å². The number of hydrogen-bond acceptors (Lipinski definition) is 3. The largest absolute Gasteiger partial charge is 0.332 e. The second-order valence-corrected chi connectivity index (χ2v) is 6.08. The number of piperidine rings is 1. The maximum atomic E-state index is 12.4. The molecule has 4 heteroatoms. The van der Waals surface area contributed by atoms with Crippen LogP contribution in [0.25, 0.3) is 0 Å². The summed E-state index contributed by atoms with van der Waals surface area (Å²) in [7, 11) is 0. The van der Waals surface area contributed by atoms with Gasteiger partial charge in [-0.05, 0) is 37.8 Å². The zero-order valence-corrected chi connectivity index (χ0v) is 11.3. The lowest BCUT2D eigenvalue weighted by molar-refractivity contribution is -0.124. The summed E-state index contributed by atoms with van der Waals surface area (Å²) in [4.78, 5) is 26.5. The molecule has 3 nitrogen and oxygen atoms in total. The zero-order chi connectivity index (χ0) is 12.6. The van der Waals surface area contributed by atoms with Crippen LogP contribution in [0.3, 0.4) is 0 Å². The minimum atomic E-state index is -0.358. The summed E-state index contributed by atoms with van der Waals surface area (Å²) in [5, 5.41) is 1.94. The first kappa shape index (κ1) is 12.3. The van der Waals surface area contributed by atoms with Gasteiger partial charge in [0.05, 0.1) is 4.88 Å². The molecule has 1 fully saturated rings. The molecule has 1 aliphatic rings. The van der Waals surface area contributed by atoms with E-state index < -0.39 is 0 Å². The van der Waals surface area contributed by atoms with Crippen LogP contribution in [0.15, 0.2) is 11.4 Å². The standard InChI is InChI=1S/C13H17NO2S/c1-9-5-7-17-11(9)12(16)14-6-4-10(15)8-13(14,2)3/h5,7H,4,6,8H2,1-3H3. The average Bonchev–Trinajstić information content (AvgIpc) is 2.62. The second-order valence-electron chi connectivity index (χ2n) is 5.17. The van der Waals surface area contributed by atoms with E-state index in [1.807, 2.05) is 37.1 Å². The van der Waals surface area contributed by atoms with Gasteiger partial charge in [-0.25, -0.2) is 0 Å². The summed E-state index contributed by atoms with van der Waals surface area (Å²) < 4.78 is 0. The molecule has 2 rings (SSSR count). The molecule has 0 aliphatic carbocycles. The molecule has 0 saturated carbocycles. The van der Waals surface area contributed by atoms with Gasteiger partial charge in [-0.15, -0.1) is 11.3 Å². The van der Waals surface area contributed by atoms with Crippen molar-refractivity contribution >= 4 is 23.0 Å². The lowest BCUT2D eigenvalue weighted by Crippen LogP contribution is -2.53. The fraction of sp³-hybridized carbons (Fsp3) is 0.538. The number of carbonyl (C=O) groups is 2. The number of nitrogens with zero attached hydrogens (tertiary/aromatic N) is 1. The second kappa shape index (κ2) is 4.26. The average molecular weight is 251 g/mol. The van der Waals surface area contributed by atoms with Gasteiger partial charge in [-0.3, -0.25) is 9.59 Å². The highest BCUT2D eigenvalue weighted by Gasteiger charge is 2.37. The SMILES string of the molecule is Cc1ccsc1C(=O)N1CCC(=O)CC1(C)C. The van der Waals surface area contributed by atoms with Gasteiger partial charge in [0.1, 0.15) is 5.78 Å². The lowest BCUT2D eigenvalue weighted by Gasteiger charge is -2.41. The van der Waals surface area contributed by atoms with Crippen molar-refractivity contribution in [3.05, 3.63) is 21.9 Å². The van der Waals surface area contributed by atoms with Crippen LogP contribution < -0.4 is 0 Å². The molecule has 92 valence electrons. The Bertz CT molecular complexity index is 462.